The molecular weight excluding hydrogens is 162 g/mol. The average Bonchev–Trinajstić information content (AvgIpc) is 2.60. The molecule has 66 valence electrons. The number of rotatable bonds is 3. The lowest BCUT2D eigenvalue weighted by Crippen LogP contribution is -2.40. The van der Waals surface area contributed by atoms with E-state index < -0.39 is 29.1 Å². The molecule has 1 saturated carbocycles. The molecule has 0 aromatic rings. The fraction of sp³-hybridized carbons (Fsp3) is 0.500. The molecule has 0 aromatic heterocycles. The summed E-state index contributed by atoms with van der Waals surface area (Å²) < 4.78 is 0. The van der Waals surface area contributed by atoms with Gasteiger partial charge in [-0.15, -0.1) is 0 Å². The van der Waals surface area contributed by atoms with E-state index in [-0.39, 0.29) is 6.42 Å². The molecule has 12 heavy (non-hydrogen) atoms. The Balaban J connectivity index is 2.90. The summed E-state index contributed by atoms with van der Waals surface area (Å²) in [5, 5.41) is 0. The minimum atomic E-state index is -1.51. The zero-order valence-electron chi connectivity index (χ0n) is 6.24. The lowest BCUT2D eigenvalue weighted by atomic mass is 10.0. The molecule has 6 nitrogen and oxygen atoms in total. The first-order valence-corrected chi connectivity index (χ1v) is 3.32. The highest BCUT2D eigenvalue weighted by Gasteiger charge is 2.66. The molecule has 1 aliphatic rings. The Hall–Kier alpha value is -1.59. The molecule has 0 heterocycles. The van der Waals surface area contributed by atoms with Gasteiger partial charge in [-0.05, 0) is 6.42 Å². The van der Waals surface area contributed by atoms with Gasteiger partial charge in [-0.25, -0.2) is 0 Å². The van der Waals surface area contributed by atoms with Crippen LogP contribution in [0.1, 0.15) is 6.42 Å². The molecule has 0 spiro atoms. The highest BCUT2D eigenvalue weighted by molar-refractivity contribution is 6.12. The largest absolute Gasteiger partial charge is 0.369 e. The van der Waals surface area contributed by atoms with E-state index in [0.717, 1.165) is 0 Å². The smallest absolute Gasteiger partial charge is 0.233 e. The van der Waals surface area contributed by atoms with E-state index >= 15 is 0 Å². The second-order valence-corrected chi connectivity index (χ2v) is 2.86. The van der Waals surface area contributed by atoms with Crippen LogP contribution in [0, 0.1) is 11.3 Å². The lowest BCUT2D eigenvalue weighted by Gasteiger charge is -2.05. The van der Waals surface area contributed by atoms with Crippen LogP contribution in [-0.4, -0.2) is 17.7 Å². The van der Waals surface area contributed by atoms with Crippen molar-refractivity contribution >= 4 is 17.7 Å². The third-order valence-electron chi connectivity index (χ3n) is 2.18. The molecule has 1 fully saturated rings. The van der Waals surface area contributed by atoms with Crippen molar-refractivity contribution in [3.05, 3.63) is 0 Å². The SMILES string of the molecule is NC(=O)C1CC1(C(N)=O)C(N)=O. The Labute approximate surface area is 68.1 Å². The molecule has 1 rings (SSSR count). The Morgan fingerprint density at radius 2 is 1.50 bits per heavy atom. The van der Waals surface area contributed by atoms with E-state index in [2.05, 4.69) is 0 Å². The van der Waals surface area contributed by atoms with Crippen molar-refractivity contribution in [1.29, 1.82) is 0 Å². The number of amides is 3. The van der Waals surface area contributed by atoms with Crippen molar-refractivity contribution in [1.82, 2.24) is 0 Å². The minimum absolute atomic E-state index is 0.0486. The second-order valence-electron chi connectivity index (χ2n) is 2.86. The van der Waals surface area contributed by atoms with Crippen LogP contribution < -0.4 is 17.2 Å². The van der Waals surface area contributed by atoms with Crippen molar-refractivity contribution in [2.75, 3.05) is 0 Å². The topological polar surface area (TPSA) is 129 Å². The summed E-state index contributed by atoms with van der Waals surface area (Å²) in [6, 6.07) is 0. The highest BCUT2D eigenvalue weighted by Crippen LogP contribution is 2.51. The first-order valence-electron chi connectivity index (χ1n) is 3.32. The van der Waals surface area contributed by atoms with Crippen molar-refractivity contribution in [2.45, 2.75) is 6.42 Å². The number of carbonyl (C=O) groups is 3. The van der Waals surface area contributed by atoms with Crippen LogP contribution in [0.15, 0.2) is 0 Å². The summed E-state index contributed by atoms with van der Waals surface area (Å²) in [4.78, 5) is 32.1. The summed E-state index contributed by atoms with van der Waals surface area (Å²) in [6.45, 7) is 0. The van der Waals surface area contributed by atoms with Crippen molar-refractivity contribution in [2.24, 2.45) is 28.5 Å². The van der Waals surface area contributed by atoms with Crippen LogP contribution in [0.2, 0.25) is 0 Å². The van der Waals surface area contributed by atoms with E-state index in [1.54, 1.807) is 0 Å². The van der Waals surface area contributed by atoms with E-state index in [1.165, 1.54) is 0 Å². The highest BCUT2D eigenvalue weighted by atomic mass is 16.2. The monoisotopic (exact) mass is 171 g/mol. The van der Waals surface area contributed by atoms with Gasteiger partial charge in [0.25, 0.3) is 0 Å². The summed E-state index contributed by atoms with van der Waals surface area (Å²) in [5.41, 5.74) is 13.2. The van der Waals surface area contributed by atoms with Crippen LogP contribution in [-0.2, 0) is 14.4 Å². The molecule has 0 aliphatic heterocycles. The van der Waals surface area contributed by atoms with Gasteiger partial charge in [0.15, 0.2) is 0 Å². The maximum Gasteiger partial charge on any atom is 0.233 e. The predicted octanol–water partition coefficient (Wildman–Crippen LogP) is -2.55. The van der Waals surface area contributed by atoms with Crippen LogP contribution >= 0.6 is 0 Å². The Bertz CT molecular complexity index is 259. The quantitative estimate of drug-likeness (QED) is 0.404. The standard InChI is InChI=1S/C6H9N3O3/c7-3(10)2-1-6(2,4(8)11)5(9)12/h2H,1H2,(H2,7,10)(H2,8,11)(H2,9,12). The predicted molar refractivity (Wildman–Crippen MR) is 38.1 cm³/mol. The Morgan fingerprint density at radius 3 is 1.58 bits per heavy atom. The first-order chi connectivity index (χ1) is 5.43. The minimum Gasteiger partial charge on any atom is -0.369 e. The molecule has 6 heteroatoms. The van der Waals surface area contributed by atoms with Crippen molar-refractivity contribution in [3.63, 3.8) is 0 Å². The van der Waals surface area contributed by atoms with Gasteiger partial charge in [-0.1, -0.05) is 0 Å². The number of nitrogens with two attached hydrogens (primary N) is 3. The van der Waals surface area contributed by atoms with Crippen LogP contribution in [0.25, 0.3) is 0 Å². The van der Waals surface area contributed by atoms with E-state index in [0.29, 0.717) is 0 Å². The molecule has 0 bridgehead atoms. The zero-order chi connectivity index (χ0) is 9.52. The third kappa shape index (κ3) is 0.843. The normalized spacial score (nSPS) is 24.5. The number of primary amides is 3. The molecular formula is C6H9N3O3. The molecule has 1 atom stereocenters. The van der Waals surface area contributed by atoms with Gasteiger partial charge in [0.2, 0.25) is 17.7 Å². The van der Waals surface area contributed by atoms with Gasteiger partial charge < -0.3 is 17.2 Å². The number of carbonyl (C=O) groups excluding carboxylic acids is 3. The molecule has 1 unspecified atom stereocenters. The maximum atomic E-state index is 10.8. The van der Waals surface area contributed by atoms with Crippen LogP contribution in [0.5, 0.6) is 0 Å². The van der Waals surface area contributed by atoms with Crippen LogP contribution in [0.3, 0.4) is 0 Å². The zero-order valence-corrected chi connectivity index (χ0v) is 6.24. The molecule has 0 saturated heterocycles. The van der Waals surface area contributed by atoms with Gasteiger partial charge >= 0.3 is 0 Å². The number of hydrogen-bond acceptors (Lipinski definition) is 3. The average molecular weight is 171 g/mol. The molecule has 6 N–H and O–H groups in total. The van der Waals surface area contributed by atoms with Gasteiger partial charge in [-0.3, -0.25) is 14.4 Å². The number of hydrogen-bond donors (Lipinski definition) is 3. The Morgan fingerprint density at radius 1 is 1.08 bits per heavy atom. The van der Waals surface area contributed by atoms with E-state index in [9.17, 15) is 14.4 Å². The molecule has 3 amide bonds. The summed E-state index contributed by atoms with van der Waals surface area (Å²) in [5.74, 6) is -3.28. The van der Waals surface area contributed by atoms with Crippen LogP contribution in [0.4, 0.5) is 0 Å². The molecule has 1 aliphatic carbocycles. The lowest BCUT2D eigenvalue weighted by molar-refractivity contribution is -0.136. The fourth-order valence-corrected chi connectivity index (χ4v) is 1.27. The summed E-state index contributed by atoms with van der Waals surface area (Å²) in [6.07, 6.45) is 0.0486. The summed E-state index contributed by atoms with van der Waals surface area (Å²) in [7, 11) is 0. The third-order valence-corrected chi connectivity index (χ3v) is 2.18. The van der Waals surface area contributed by atoms with Gasteiger partial charge in [0.05, 0.1) is 5.92 Å². The molecule has 0 aromatic carbocycles. The van der Waals surface area contributed by atoms with E-state index in [4.69, 9.17) is 17.2 Å². The van der Waals surface area contributed by atoms with Crippen molar-refractivity contribution < 1.29 is 14.4 Å². The van der Waals surface area contributed by atoms with Crippen molar-refractivity contribution in [3.8, 4) is 0 Å². The van der Waals surface area contributed by atoms with Gasteiger partial charge in [0.1, 0.15) is 5.41 Å². The van der Waals surface area contributed by atoms with Gasteiger partial charge in [0, 0.05) is 0 Å². The maximum absolute atomic E-state index is 10.8. The molecule has 0 radical (unpaired) electrons. The van der Waals surface area contributed by atoms with E-state index in [1.807, 2.05) is 0 Å². The Kier molecular flexibility index (Phi) is 1.56. The first kappa shape index (κ1) is 8.51. The van der Waals surface area contributed by atoms with Gasteiger partial charge in [-0.2, -0.15) is 0 Å². The fourth-order valence-electron chi connectivity index (χ4n) is 1.27. The summed E-state index contributed by atoms with van der Waals surface area (Å²) >= 11 is 0. The second kappa shape index (κ2) is 2.20.